The summed E-state index contributed by atoms with van der Waals surface area (Å²) in [5.41, 5.74) is 4.12. The molecule has 36 heavy (non-hydrogen) atoms. The largest absolute Gasteiger partial charge is 0.309 e. The first kappa shape index (κ1) is 20.8. The second-order valence-corrected chi connectivity index (χ2v) is 9.25. The molecule has 0 unspecified atom stereocenters. The van der Waals surface area contributed by atoms with Crippen molar-refractivity contribution >= 4 is 73.5 Å². The first-order valence-corrected chi connectivity index (χ1v) is 12.2. The van der Waals surface area contributed by atoms with Gasteiger partial charge in [0.15, 0.2) is 0 Å². The zero-order valence-electron chi connectivity index (χ0n) is 19.7. The first-order valence-electron chi connectivity index (χ1n) is 12.2. The minimum atomic E-state index is 0.755. The summed E-state index contributed by atoms with van der Waals surface area (Å²) in [6.45, 7) is 0. The summed E-state index contributed by atoms with van der Waals surface area (Å²) in [5.74, 6) is 0. The predicted molar refractivity (Wildman–Crippen MR) is 157 cm³/mol. The maximum absolute atomic E-state index is 6.12. The summed E-state index contributed by atoms with van der Waals surface area (Å²) in [6.07, 6.45) is 0. The van der Waals surface area contributed by atoms with Gasteiger partial charge >= 0.3 is 0 Å². The van der Waals surface area contributed by atoms with E-state index in [0.717, 1.165) is 22.5 Å². The minimum Gasteiger partial charge on any atom is -0.309 e. The van der Waals surface area contributed by atoms with Crippen LogP contribution in [0.25, 0.3) is 43.1 Å². The van der Waals surface area contributed by atoms with Crippen molar-refractivity contribution in [1.29, 1.82) is 0 Å². The molecule has 0 aliphatic rings. The summed E-state index contributed by atoms with van der Waals surface area (Å²) in [7, 11) is 6.12. The van der Waals surface area contributed by atoms with Crippen molar-refractivity contribution in [2.45, 2.75) is 0 Å². The minimum absolute atomic E-state index is 0.755. The highest BCUT2D eigenvalue weighted by molar-refractivity contribution is 6.32. The van der Waals surface area contributed by atoms with Crippen molar-refractivity contribution in [2.24, 2.45) is 0 Å². The second-order valence-electron chi connectivity index (χ2n) is 9.25. The second kappa shape index (κ2) is 8.28. The van der Waals surface area contributed by atoms with Crippen molar-refractivity contribution in [3.05, 3.63) is 133 Å². The molecule has 0 aromatic heterocycles. The van der Waals surface area contributed by atoms with Crippen molar-refractivity contribution in [3.8, 4) is 0 Å². The molecular formula is C34H22BN. The molecule has 7 aromatic rings. The van der Waals surface area contributed by atoms with E-state index in [2.05, 4.69) is 126 Å². The van der Waals surface area contributed by atoms with E-state index in [1.807, 2.05) is 12.1 Å². The van der Waals surface area contributed by atoms with Crippen LogP contribution in [-0.4, -0.2) is 7.85 Å². The van der Waals surface area contributed by atoms with E-state index in [0.29, 0.717) is 0 Å². The number of hydrogen-bond donors (Lipinski definition) is 0. The molecule has 0 heterocycles. The summed E-state index contributed by atoms with van der Waals surface area (Å²) in [4.78, 5) is 2.39. The maximum Gasteiger partial charge on any atom is 0.113 e. The predicted octanol–water partition coefficient (Wildman–Crippen LogP) is 8.56. The van der Waals surface area contributed by atoms with E-state index in [1.54, 1.807) is 0 Å². The smallest absolute Gasteiger partial charge is 0.113 e. The SMILES string of the molecule is [B]c1ccc(N(c2cc3ccccc3c3ccccc23)c2cc3ccccc3c3ccccc23)cc1. The van der Waals surface area contributed by atoms with E-state index in [9.17, 15) is 0 Å². The van der Waals surface area contributed by atoms with Gasteiger partial charge in [-0.3, -0.25) is 0 Å². The van der Waals surface area contributed by atoms with Crippen LogP contribution in [0.2, 0.25) is 0 Å². The number of anilines is 3. The Labute approximate surface area is 211 Å². The van der Waals surface area contributed by atoms with Crippen LogP contribution in [0, 0.1) is 0 Å². The van der Waals surface area contributed by atoms with Crippen LogP contribution in [0.4, 0.5) is 17.1 Å². The molecule has 0 fully saturated rings. The summed E-state index contributed by atoms with van der Waals surface area (Å²) in [5, 5.41) is 9.88. The lowest BCUT2D eigenvalue weighted by Gasteiger charge is -2.29. The Morgan fingerprint density at radius 2 is 0.778 bits per heavy atom. The number of hydrogen-bond acceptors (Lipinski definition) is 1. The molecule has 7 rings (SSSR count). The Bertz CT molecular complexity index is 1780. The van der Waals surface area contributed by atoms with Gasteiger partial charge in [0, 0.05) is 16.5 Å². The van der Waals surface area contributed by atoms with E-state index < -0.39 is 0 Å². The average Bonchev–Trinajstić information content (AvgIpc) is 2.94. The molecule has 0 N–H and O–H groups in total. The summed E-state index contributed by atoms with van der Waals surface area (Å²) >= 11 is 0. The Hall–Kier alpha value is -4.56. The molecule has 0 atom stereocenters. The Kier molecular flexibility index (Phi) is 4.78. The van der Waals surface area contributed by atoms with Crippen molar-refractivity contribution in [1.82, 2.24) is 0 Å². The van der Waals surface area contributed by atoms with Gasteiger partial charge in [-0.1, -0.05) is 115 Å². The lowest BCUT2D eigenvalue weighted by atomic mass is 9.94. The van der Waals surface area contributed by atoms with Gasteiger partial charge in [0.25, 0.3) is 0 Å². The van der Waals surface area contributed by atoms with E-state index in [1.165, 1.54) is 43.1 Å². The highest BCUT2D eigenvalue weighted by Gasteiger charge is 2.20. The Balaban J connectivity index is 1.64. The van der Waals surface area contributed by atoms with Gasteiger partial charge in [-0.2, -0.15) is 0 Å². The first-order chi connectivity index (χ1) is 17.8. The molecule has 0 aliphatic heterocycles. The van der Waals surface area contributed by atoms with Gasteiger partial charge < -0.3 is 4.90 Å². The Morgan fingerprint density at radius 3 is 1.25 bits per heavy atom. The third-order valence-corrected chi connectivity index (χ3v) is 7.13. The molecule has 0 amide bonds. The van der Waals surface area contributed by atoms with E-state index in [4.69, 9.17) is 7.85 Å². The topological polar surface area (TPSA) is 3.24 Å². The fourth-order valence-electron chi connectivity index (χ4n) is 5.47. The van der Waals surface area contributed by atoms with Crippen molar-refractivity contribution in [2.75, 3.05) is 4.90 Å². The molecule has 2 heteroatoms. The quantitative estimate of drug-likeness (QED) is 0.191. The van der Waals surface area contributed by atoms with Crippen LogP contribution < -0.4 is 10.4 Å². The zero-order chi connectivity index (χ0) is 24.1. The number of benzene rings is 7. The van der Waals surface area contributed by atoms with Crippen LogP contribution in [0.5, 0.6) is 0 Å². The number of rotatable bonds is 3. The fraction of sp³-hybridized carbons (Fsp3) is 0. The van der Waals surface area contributed by atoms with Crippen molar-refractivity contribution in [3.63, 3.8) is 0 Å². The molecule has 1 nitrogen and oxygen atoms in total. The van der Waals surface area contributed by atoms with Gasteiger partial charge in [0.05, 0.1) is 11.4 Å². The maximum atomic E-state index is 6.12. The van der Waals surface area contributed by atoms with Gasteiger partial charge in [0.2, 0.25) is 0 Å². The van der Waals surface area contributed by atoms with Crippen LogP contribution >= 0.6 is 0 Å². The van der Waals surface area contributed by atoms with Gasteiger partial charge in [0.1, 0.15) is 7.85 Å². The molecule has 166 valence electrons. The van der Waals surface area contributed by atoms with Crippen LogP contribution in [-0.2, 0) is 0 Å². The monoisotopic (exact) mass is 455 g/mol. The molecule has 0 spiro atoms. The highest BCUT2D eigenvalue weighted by atomic mass is 15.1. The molecular weight excluding hydrogens is 433 g/mol. The van der Waals surface area contributed by atoms with Gasteiger partial charge in [-0.15, -0.1) is 0 Å². The normalized spacial score (nSPS) is 11.4. The third-order valence-electron chi connectivity index (χ3n) is 7.13. The highest BCUT2D eigenvalue weighted by Crippen LogP contribution is 2.45. The lowest BCUT2D eigenvalue weighted by molar-refractivity contribution is 1.32. The average molecular weight is 455 g/mol. The van der Waals surface area contributed by atoms with E-state index in [-0.39, 0.29) is 0 Å². The third kappa shape index (κ3) is 3.26. The number of nitrogens with zero attached hydrogens (tertiary/aromatic N) is 1. The standard InChI is InChI=1S/C34H22BN/c35-25-17-19-26(20-18-25)36(33-21-23-9-1-3-11-27(23)29-13-5-7-15-31(29)33)34-22-24-10-2-4-12-28(24)30-14-6-8-16-32(30)34/h1-22H. The van der Waals surface area contributed by atoms with E-state index >= 15 is 0 Å². The van der Waals surface area contributed by atoms with Crippen molar-refractivity contribution < 1.29 is 0 Å². The molecule has 7 aromatic carbocycles. The van der Waals surface area contributed by atoms with Crippen LogP contribution in [0.1, 0.15) is 0 Å². The zero-order valence-corrected chi connectivity index (χ0v) is 19.7. The van der Waals surface area contributed by atoms with Gasteiger partial charge in [-0.05, 0) is 56.6 Å². The van der Waals surface area contributed by atoms with Crippen LogP contribution in [0.3, 0.4) is 0 Å². The molecule has 0 bridgehead atoms. The summed E-state index contributed by atoms with van der Waals surface area (Å²) in [6, 6.07) is 47.5. The summed E-state index contributed by atoms with van der Waals surface area (Å²) < 4.78 is 0. The Morgan fingerprint density at radius 1 is 0.389 bits per heavy atom. The lowest BCUT2D eigenvalue weighted by Crippen LogP contribution is -2.13. The van der Waals surface area contributed by atoms with Crippen LogP contribution in [0.15, 0.2) is 133 Å². The molecule has 0 saturated heterocycles. The fourth-order valence-corrected chi connectivity index (χ4v) is 5.47. The molecule has 0 aliphatic carbocycles. The molecule has 2 radical (unpaired) electrons. The number of fused-ring (bicyclic) bond motifs is 6. The van der Waals surface area contributed by atoms with Gasteiger partial charge in [-0.25, -0.2) is 0 Å². The molecule has 0 saturated carbocycles.